The second-order valence-corrected chi connectivity index (χ2v) is 9.92. The quantitative estimate of drug-likeness (QED) is 0.312. The summed E-state index contributed by atoms with van der Waals surface area (Å²) in [5.74, 6) is 1.88. The van der Waals surface area contributed by atoms with Crippen LogP contribution in [0.3, 0.4) is 0 Å². The SMILES string of the molecule is Cc1ccc(Br)c(CSc2nc(N[C@@H](CO)CC(C)C)c3sc(N)nc3n2)c1. The lowest BCUT2D eigenvalue weighted by atomic mass is 10.0. The number of fused-ring (bicyclic) bond motifs is 1. The van der Waals surface area contributed by atoms with Crippen molar-refractivity contribution in [2.24, 2.45) is 5.92 Å². The summed E-state index contributed by atoms with van der Waals surface area (Å²) < 4.78 is 1.89. The molecule has 0 unspecified atom stereocenters. The van der Waals surface area contributed by atoms with Crippen molar-refractivity contribution < 1.29 is 5.11 Å². The summed E-state index contributed by atoms with van der Waals surface area (Å²) in [5, 5.41) is 14.2. The van der Waals surface area contributed by atoms with Crippen LogP contribution in [0.5, 0.6) is 0 Å². The molecule has 1 atom stereocenters. The average molecular weight is 482 g/mol. The number of thioether (sulfide) groups is 1. The molecule has 6 nitrogen and oxygen atoms in total. The first-order valence-corrected chi connectivity index (χ1v) is 11.6. The first-order valence-electron chi connectivity index (χ1n) is 9.05. The number of hydrogen-bond acceptors (Lipinski definition) is 8. The predicted octanol–water partition coefficient (Wildman–Crippen LogP) is 4.85. The van der Waals surface area contributed by atoms with Crippen molar-refractivity contribution in [1.82, 2.24) is 15.0 Å². The highest BCUT2D eigenvalue weighted by atomic mass is 79.9. The highest BCUT2D eigenvalue weighted by Crippen LogP contribution is 2.33. The molecular weight excluding hydrogens is 458 g/mol. The number of halogens is 1. The molecule has 0 aliphatic rings. The maximum Gasteiger partial charge on any atom is 0.191 e. The highest BCUT2D eigenvalue weighted by molar-refractivity contribution is 9.10. The number of aliphatic hydroxyl groups is 1. The number of nitrogen functional groups attached to an aromatic ring is 1. The third-order valence-corrected chi connectivity index (χ3v) is 6.68. The third kappa shape index (κ3) is 5.34. The van der Waals surface area contributed by atoms with Crippen molar-refractivity contribution in [3.63, 3.8) is 0 Å². The molecule has 2 aromatic heterocycles. The average Bonchev–Trinajstić information content (AvgIpc) is 3.02. The van der Waals surface area contributed by atoms with Gasteiger partial charge in [0, 0.05) is 10.2 Å². The summed E-state index contributed by atoms with van der Waals surface area (Å²) in [5.41, 5.74) is 8.90. The monoisotopic (exact) mass is 481 g/mol. The summed E-state index contributed by atoms with van der Waals surface area (Å²) >= 11 is 6.52. The van der Waals surface area contributed by atoms with Crippen LogP contribution in [-0.2, 0) is 5.75 Å². The Morgan fingerprint density at radius 1 is 1.29 bits per heavy atom. The number of nitrogens with zero attached hydrogens (tertiary/aromatic N) is 3. The molecule has 150 valence electrons. The molecule has 0 radical (unpaired) electrons. The number of benzene rings is 1. The van der Waals surface area contributed by atoms with Gasteiger partial charge in [0.2, 0.25) is 0 Å². The van der Waals surface area contributed by atoms with E-state index in [1.54, 1.807) is 11.8 Å². The van der Waals surface area contributed by atoms with Gasteiger partial charge < -0.3 is 16.2 Å². The fourth-order valence-corrected chi connectivity index (χ4v) is 5.01. The van der Waals surface area contributed by atoms with Gasteiger partial charge in [0.15, 0.2) is 21.8 Å². The fourth-order valence-electron chi connectivity index (χ4n) is 2.88. The Balaban J connectivity index is 1.87. The molecule has 4 N–H and O–H groups in total. The van der Waals surface area contributed by atoms with E-state index >= 15 is 0 Å². The molecule has 0 saturated heterocycles. The summed E-state index contributed by atoms with van der Waals surface area (Å²) in [6.45, 7) is 6.38. The van der Waals surface area contributed by atoms with Crippen LogP contribution < -0.4 is 11.1 Å². The summed E-state index contributed by atoms with van der Waals surface area (Å²) in [7, 11) is 0. The number of anilines is 2. The van der Waals surface area contributed by atoms with E-state index in [-0.39, 0.29) is 12.6 Å². The second-order valence-electron chi connectivity index (χ2n) is 7.10. The van der Waals surface area contributed by atoms with Gasteiger partial charge >= 0.3 is 0 Å². The molecule has 2 heterocycles. The van der Waals surface area contributed by atoms with Crippen LogP contribution in [0.25, 0.3) is 10.3 Å². The molecule has 0 aliphatic heterocycles. The normalized spacial score (nSPS) is 12.6. The van der Waals surface area contributed by atoms with Gasteiger partial charge in [-0.3, -0.25) is 0 Å². The predicted molar refractivity (Wildman–Crippen MR) is 122 cm³/mol. The minimum Gasteiger partial charge on any atom is -0.394 e. The molecule has 0 saturated carbocycles. The van der Waals surface area contributed by atoms with E-state index in [9.17, 15) is 5.11 Å². The molecule has 9 heteroatoms. The molecule has 3 rings (SSSR count). The zero-order valence-corrected chi connectivity index (χ0v) is 19.3. The maximum atomic E-state index is 9.74. The van der Waals surface area contributed by atoms with E-state index in [2.05, 4.69) is 70.2 Å². The number of aromatic nitrogens is 3. The number of rotatable bonds is 8. The maximum absolute atomic E-state index is 9.74. The minimum absolute atomic E-state index is 0.0384. The Morgan fingerprint density at radius 3 is 2.79 bits per heavy atom. The van der Waals surface area contributed by atoms with Gasteiger partial charge in [0.1, 0.15) is 4.70 Å². The third-order valence-electron chi connectivity index (χ3n) is 4.13. The Labute approximate surface area is 181 Å². The van der Waals surface area contributed by atoms with E-state index in [1.807, 2.05) is 0 Å². The summed E-state index contributed by atoms with van der Waals surface area (Å²) in [4.78, 5) is 13.6. The lowest BCUT2D eigenvalue weighted by Gasteiger charge is -2.19. The molecule has 0 fully saturated rings. The number of thiazole rings is 1. The molecule has 0 bridgehead atoms. The van der Waals surface area contributed by atoms with Gasteiger partial charge in [-0.05, 0) is 30.9 Å². The Kier molecular flexibility index (Phi) is 7.14. The first-order chi connectivity index (χ1) is 13.4. The van der Waals surface area contributed by atoms with Crippen LogP contribution in [0.1, 0.15) is 31.4 Å². The summed E-state index contributed by atoms with van der Waals surface area (Å²) in [6, 6.07) is 6.21. The Morgan fingerprint density at radius 2 is 2.07 bits per heavy atom. The number of nitrogens with two attached hydrogens (primary N) is 1. The van der Waals surface area contributed by atoms with E-state index in [0.29, 0.717) is 27.7 Å². The number of aryl methyl sites for hydroxylation is 1. The van der Waals surface area contributed by atoms with Gasteiger partial charge in [-0.15, -0.1) is 0 Å². The van der Waals surface area contributed by atoms with Gasteiger partial charge in [0.05, 0.1) is 12.6 Å². The zero-order chi connectivity index (χ0) is 20.3. The lowest BCUT2D eigenvalue weighted by molar-refractivity contribution is 0.259. The molecule has 1 aromatic carbocycles. The van der Waals surface area contributed by atoms with Crippen molar-refractivity contribution in [2.75, 3.05) is 17.7 Å². The molecule has 0 spiro atoms. The van der Waals surface area contributed by atoms with Crippen LogP contribution in [-0.4, -0.2) is 32.7 Å². The van der Waals surface area contributed by atoms with E-state index in [1.165, 1.54) is 22.5 Å². The van der Waals surface area contributed by atoms with Crippen molar-refractivity contribution in [1.29, 1.82) is 0 Å². The largest absolute Gasteiger partial charge is 0.394 e. The Hall–Kier alpha value is -1.42. The van der Waals surface area contributed by atoms with Gasteiger partial charge in [-0.25, -0.2) is 15.0 Å². The van der Waals surface area contributed by atoms with Crippen molar-refractivity contribution in [3.05, 3.63) is 33.8 Å². The van der Waals surface area contributed by atoms with Gasteiger partial charge in [-0.2, -0.15) is 0 Å². The molecule has 0 aliphatic carbocycles. The van der Waals surface area contributed by atoms with E-state index in [4.69, 9.17) is 10.7 Å². The lowest BCUT2D eigenvalue weighted by Crippen LogP contribution is -2.26. The number of nitrogens with one attached hydrogen (secondary N) is 1. The van der Waals surface area contributed by atoms with Crippen LogP contribution in [0.15, 0.2) is 27.8 Å². The standard InChI is InChI=1S/C19H24BrN5OS2/c1-10(2)6-13(8-26)22-16-15-17(23-18(21)28-15)25-19(24-16)27-9-12-7-11(3)4-5-14(12)20/h4-5,7,10,13,26H,6,8-9H2,1-3H3,(H3,21,22,23,24,25)/t13-/m1/s1. The molecule has 0 amide bonds. The molecule has 3 aromatic rings. The van der Waals surface area contributed by atoms with E-state index in [0.717, 1.165) is 21.3 Å². The Bertz CT molecular complexity index is 963. The van der Waals surface area contributed by atoms with Crippen molar-refractivity contribution in [3.8, 4) is 0 Å². The van der Waals surface area contributed by atoms with Crippen LogP contribution in [0.4, 0.5) is 10.9 Å². The van der Waals surface area contributed by atoms with Crippen molar-refractivity contribution >= 4 is 60.3 Å². The van der Waals surface area contributed by atoms with Crippen LogP contribution in [0, 0.1) is 12.8 Å². The van der Waals surface area contributed by atoms with Gasteiger partial charge in [0.25, 0.3) is 0 Å². The topological polar surface area (TPSA) is 97.0 Å². The minimum atomic E-state index is -0.0785. The van der Waals surface area contributed by atoms with Crippen LogP contribution in [0.2, 0.25) is 0 Å². The van der Waals surface area contributed by atoms with Crippen LogP contribution >= 0.6 is 39.0 Å². The highest BCUT2D eigenvalue weighted by Gasteiger charge is 2.17. The molecular formula is C19H24BrN5OS2. The smallest absolute Gasteiger partial charge is 0.191 e. The molecule has 28 heavy (non-hydrogen) atoms. The number of aliphatic hydroxyl groups excluding tert-OH is 1. The van der Waals surface area contributed by atoms with Crippen molar-refractivity contribution in [2.45, 2.75) is 44.1 Å². The second kappa shape index (κ2) is 9.39. The summed E-state index contributed by atoms with van der Waals surface area (Å²) in [6.07, 6.45) is 0.842. The van der Waals surface area contributed by atoms with E-state index < -0.39 is 0 Å². The number of hydrogen-bond donors (Lipinski definition) is 3. The van der Waals surface area contributed by atoms with Gasteiger partial charge in [-0.1, -0.05) is 70.6 Å². The zero-order valence-electron chi connectivity index (χ0n) is 16.1. The first kappa shape index (κ1) is 21.3. The fraction of sp³-hybridized carbons (Fsp3) is 0.421.